The first-order valence-electron chi connectivity index (χ1n) is 13.9. The summed E-state index contributed by atoms with van der Waals surface area (Å²) in [6.07, 6.45) is 35.2. The zero-order chi connectivity index (χ0) is 21.5. The maximum absolute atomic E-state index is 5.62. The van der Waals surface area contributed by atoms with Crippen molar-refractivity contribution >= 4 is 0 Å². The van der Waals surface area contributed by atoms with Gasteiger partial charge < -0.3 is 4.74 Å². The van der Waals surface area contributed by atoms with Crippen molar-refractivity contribution in [1.29, 1.82) is 0 Å². The smallest absolute Gasteiger partial charge is 0.106 e. The van der Waals surface area contributed by atoms with Crippen LogP contribution in [0.2, 0.25) is 0 Å². The van der Waals surface area contributed by atoms with Crippen LogP contribution in [0.25, 0.3) is 0 Å². The highest BCUT2D eigenvalue weighted by atomic mass is 16.5. The minimum absolute atomic E-state index is 0.786. The number of hydrogen-bond donors (Lipinski definition) is 0. The SMILES string of the molecule is CCCCCCCCCCCCC1=CCOC=C1CCCCCCCCCCCC. The van der Waals surface area contributed by atoms with E-state index in [9.17, 15) is 0 Å². The molecule has 1 aliphatic heterocycles. The molecule has 0 spiro atoms. The van der Waals surface area contributed by atoms with Crippen molar-refractivity contribution in [2.45, 2.75) is 155 Å². The maximum atomic E-state index is 5.62. The number of ether oxygens (including phenoxy) is 1. The van der Waals surface area contributed by atoms with Crippen molar-refractivity contribution < 1.29 is 4.74 Å². The van der Waals surface area contributed by atoms with Crippen molar-refractivity contribution in [3.05, 3.63) is 23.5 Å². The van der Waals surface area contributed by atoms with Crippen LogP contribution in [0.5, 0.6) is 0 Å². The second-order valence-electron chi connectivity index (χ2n) is 9.57. The zero-order valence-corrected chi connectivity index (χ0v) is 20.8. The summed E-state index contributed by atoms with van der Waals surface area (Å²) in [6.45, 7) is 5.38. The predicted molar refractivity (Wildman–Crippen MR) is 135 cm³/mol. The Balaban J connectivity index is 1.97. The highest BCUT2D eigenvalue weighted by molar-refractivity contribution is 5.31. The molecule has 1 aliphatic rings. The van der Waals surface area contributed by atoms with Crippen LogP contribution in [-0.4, -0.2) is 6.61 Å². The van der Waals surface area contributed by atoms with Gasteiger partial charge in [-0.1, -0.05) is 129 Å². The lowest BCUT2D eigenvalue weighted by Gasteiger charge is -2.17. The largest absolute Gasteiger partial charge is 0.497 e. The molecule has 0 saturated heterocycles. The molecule has 0 unspecified atom stereocenters. The third-order valence-corrected chi connectivity index (χ3v) is 6.66. The summed E-state index contributed by atoms with van der Waals surface area (Å²) in [5.74, 6) is 0. The second kappa shape index (κ2) is 21.5. The molecule has 0 radical (unpaired) electrons. The highest BCUT2D eigenvalue weighted by Crippen LogP contribution is 2.26. The molecular formula is C29H54O. The van der Waals surface area contributed by atoms with Crippen molar-refractivity contribution in [1.82, 2.24) is 0 Å². The lowest BCUT2D eigenvalue weighted by atomic mass is 9.94. The Morgan fingerprint density at radius 1 is 0.500 bits per heavy atom. The molecule has 0 aromatic heterocycles. The van der Waals surface area contributed by atoms with Gasteiger partial charge in [0.15, 0.2) is 0 Å². The normalized spacial score (nSPS) is 13.8. The molecule has 1 heteroatoms. The molecule has 0 saturated carbocycles. The van der Waals surface area contributed by atoms with E-state index in [2.05, 4.69) is 26.2 Å². The number of rotatable bonds is 22. The molecule has 0 aliphatic carbocycles. The molecule has 1 heterocycles. The van der Waals surface area contributed by atoms with Crippen molar-refractivity contribution in [2.24, 2.45) is 0 Å². The Morgan fingerprint density at radius 3 is 1.30 bits per heavy atom. The lowest BCUT2D eigenvalue weighted by molar-refractivity contribution is 0.278. The van der Waals surface area contributed by atoms with Gasteiger partial charge in [-0.05, 0) is 42.9 Å². The van der Waals surface area contributed by atoms with Gasteiger partial charge in [-0.15, -0.1) is 0 Å². The minimum atomic E-state index is 0.786. The zero-order valence-electron chi connectivity index (χ0n) is 20.8. The van der Waals surface area contributed by atoms with Crippen LogP contribution in [0, 0.1) is 0 Å². The van der Waals surface area contributed by atoms with Gasteiger partial charge in [-0.25, -0.2) is 0 Å². The summed E-state index contributed by atoms with van der Waals surface area (Å²) >= 11 is 0. The monoisotopic (exact) mass is 418 g/mol. The van der Waals surface area contributed by atoms with Gasteiger partial charge in [-0.3, -0.25) is 0 Å². The van der Waals surface area contributed by atoms with Crippen LogP contribution < -0.4 is 0 Å². The van der Waals surface area contributed by atoms with Gasteiger partial charge in [0.2, 0.25) is 0 Å². The first-order valence-corrected chi connectivity index (χ1v) is 13.9. The number of unbranched alkanes of at least 4 members (excludes halogenated alkanes) is 18. The van der Waals surface area contributed by atoms with Gasteiger partial charge in [0, 0.05) is 0 Å². The van der Waals surface area contributed by atoms with Crippen molar-refractivity contribution in [3.63, 3.8) is 0 Å². The van der Waals surface area contributed by atoms with Crippen LogP contribution in [0.1, 0.15) is 155 Å². The molecule has 0 fully saturated rings. The van der Waals surface area contributed by atoms with E-state index in [-0.39, 0.29) is 0 Å². The maximum Gasteiger partial charge on any atom is 0.106 e. The Hall–Kier alpha value is -0.720. The third-order valence-electron chi connectivity index (χ3n) is 6.66. The van der Waals surface area contributed by atoms with Crippen LogP contribution in [0.3, 0.4) is 0 Å². The molecule has 0 bridgehead atoms. The Morgan fingerprint density at radius 2 is 0.867 bits per heavy atom. The molecule has 0 N–H and O–H groups in total. The van der Waals surface area contributed by atoms with Gasteiger partial charge in [0.05, 0.1) is 6.26 Å². The minimum Gasteiger partial charge on any atom is -0.497 e. The number of allylic oxidation sites excluding steroid dienone is 2. The summed E-state index contributed by atoms with van der Waals surface area (Å²) in [5.41, 5.74) is 3.09. The fourth-order valence-corrected chi connectivity index (χ4v) is 4.59. The fourth-order valence-electron chi connectivity index (χ4n) is 4.59. The molecular weight excluding hydrogens is 364 g/mol. The summed E-state index contributed by atoms with van der Waals surface area (Å²) in [6, 6.07) is 0. The topological polar surface area (TPSA) is 9.23 Å². The van der Waals surface area contributed by atoms with E-state index >= 15 is 0 Å². The number of hydrogen-bond acceptors (Lipinski definition) is 1. The van der Waals surface area contributed by atoms with E-state index in [1.165, 1.54) is 147 Å². The van der Waals surface area contributed by atoms with Gasteiger partial charge in [0.1, 0.15) is 6.61 Å². The summed E-state index contributed by atoms with van der Waals surface area (Å²) in [5, 5.41) is 0. The van der Waals surface area contributed by atoms with Crippen LogP contribution >= 0.6 is 0 Å². The van der Waals surface area contributed by atoms with E-state index < -0.39 is 0 Å². The van der Waals surface area contributed by atoms with E-state index in [0.717, 1.165) is 6.61 Å². The Bertz CT molecular complexity index is 380. The molecule has 1 rings (SSSR count). The molecule has 176 valence electrons. The molecule has 0 atom stereocenters. The summed E-state index contributed by atoms with van der Waals surface area (Å²) in [4.78, 5) is 0. The first-order chi connectivity index (χ1) is 14.9. The average molecular weight is 419 g/mol. The molecule has 30 heavy (non-hydrogen) atoms. The standard InChI is InChI=1S/C29H54O/c1-3-5-7-9-11-13-15-17-19-21-23-28-25-26-30-27-29(28)24-22-20-18-16-14-12-10-8-6-4-2/h25,27H,3-24,26H2,1-2H3. The van der Waals surface area contributed by atoms with Crippen LogP contribution in [-0.2, 0) is 4.74 Å². The molecule has 0 amide bonds. The molecule has 0 aromatic rings. The Labute approximate surface area is 190 Å². The fraction of sp³-hybridized carbons (Fsp3) is 0.862. The average Bonchev–Trinajstić information content (AvgIpc) is 2.77. The molecule has 0 aromatic carbocycles. The molecule has 1 nitrogen and oxygen atoms in total. The summed E-state index contributed by atoms with van der Waals surface area (Å²) < 4.78 is 5.62. The van der Waals surface area contributed by atoms with Crippen LogP contribution in [0.4, 0.5) is 0 Å². The quantitative estimate of drug-likeness (QED) is 0.159. The van der Waals surface area contributed by atoms with Crippen molar-refractivity contribution in [3.8, 4) is 0 Å². The van der Waals surface area contributed by atoms with Crippen LogP contribution in [0.15, 0.2) is 23.5 Å². The lowest BCUT2D eigenvalue weighted by Crippen LogP contribution is -2.01. The van der Waals surface area contributed by atoms with Gasteiger partial charge >= 0.3 is 0 Å². The second-order valence-corrected chi connectivity index (χ2v) is 9.57. The third kappa shape index (κ3) is 16.0. The van der Waals surface area contributed by atoms with E-state index in [1.54, 1.807) is 5.57 Å². The van der Waals surface area contributed by atoms with Gasteiger partial charge in [0.25, 0.3) is 0 Å². The Kier molecular flexibility index (Phi) is 19.6. The van der Waals surface area contributed by atoms with E-state index in [0.29, 0.717) is 0 Å². The first kappa shape index (κ1) is 27.3. The van der Waals surface area contributed by atoms with E-state index in [4.69, 9.17) is 4.74 Å². The predicted octanol–water partition coefficient (Wildman–Crippen LogP) is 10.4. The van der Waals surface area contributed by atoms with E-state index in [1.807, 2.05) is 0 Å². The van der Waals surface area contributed by atoms with Crippen molar-refractivity contribution in [2.75, 3.05) is 6.61 Å². The highest BCUT2D eigenvalue weighted by Gasteiger charge is 2.09. The summed E-state index contributed by atoms with van der Waals surface area (Å²) in [7, 11) is 0. The van der Waals surface area contributed by atoms with Gasteiger partial charge in [-0.2, -0.15) is 0 Å².